The lowest BCUT2D eigenvalue weighted by Crippen LogP contribution is -2.08. The second-order valence-corrected chi connectivity index (χ2v) is 6.04. The standard InChI is InChI=1S/C19H17FN6O3/c1-12(27)24-15-6-8-16(9-7-15)25-19-17(26(28)29)18(22-11-23-19)21-10-13-2-4-14(20)5-3-13/h2-9,11H,10H2,1H3,(H,24,27)(H2,21,22,23,25). The summed E-state index contributed by atoms with van der Waals surface area (Å²) in [6, 6.07) is 12.4. The summed E-state index contributed by atoms with van der Waals surface area (Å²) in [6.07, 6.45) is 1.20. The third kappa shape index (κ3) is 5.22. The molecule has 0 radical (unpaired) electrons. The largest absolute Gasteiger partial charge is 0.360 e. The van der Waals surface area contributed by atoms with Crippen LogP contribution in [0.25, 0.3) is 0 Å². The van der Waals surface area contributed by atoms with Gasteiger partial charge in [0.15, 0.2) is 0 Å². The summed E-state index contributed by atoms with van der Waals surface area (Å²) in [5, 5.41) is 20.0. The molecule has 29 heavy (non-hydrogen) atoms. The van der Waals surface area contributed by atoms with Crippen molar-refractivity contribution in [1.82, 2.24) is 9.97 Å². The van der Waals surface area contributed by atoms with Crippen molar-refractivity contribution >= 4 is 34.6 Å². The van der Waals surface area contributed by atoms with Gasteiger partial charge in [-0.1, -0.05) is 12.1 Å². The molecule has 1 amide bonds. The first-order valence-electron chi connectivity index (χ1n) is 8.55. The van der Waals surface area contributed by atoms with E-state index in [1.165, 1.54) is 25.4 Å². The number of carbonyl (C=O) groups is 1. The SMILES string of the molecule is CC(=O)Nc1ccc(Nc2ncnc(NCc3ccc(F)cc3)c2[N+](=O)[O-])cc1. The Labute approximate surface area is 165 Å². The van der Waals surface area contributed by atoms with Crippen molar-refractivity contribution in [2.24, 2.45) is 0 Å². The predicted molar refractivity (Wildman–Crippen MR) is 106 cm³/mol. The molecule has 0 spiro atoms. The van der Waals surface area contributed by atoms with Crippen LogP contribution in [0, 0.1) is 15.9 Å². The number of nitro groups is 1. The first-order chi connectivity index (χ1) is 13.9. The van der Waals surface area contributed by atoms with Crippen LogP contribution in [0.5, 0.6) is 0 Å². The van der Waals surface area contributed by atoms with E-state index in [4.69, 9.17) is 0 Å². The molecule has 3 N–H and O–H groups in total. The maximum absolute atomic E-state index is 13.0. The van der Waals surface area contributed by atoms with Gasteiger partial charge in [-0.25, -0.2) is 14.4 Å². The summed E-state index contributed by atoms with van der Waals surface area (Å²) in [4.78, 5) is 30.0. The lowest BCUT2D eigenvalue weighted by Gasteiger charge is -2.11. The van der Waals surface area contributed by atoms with Crippen LogP contribution in [-0.4, -0.2) is 20.8 Å². The van der Waals surface area contributed by atoms with E-state index in [9.17, 15) is 19.3 Å². The molecule has 0 bridgehead atoms. The van der Waals surface area contributed by atoms with Crippen LogP contribution in [-0.2, 0) is 11.3 Å². The molecule has 0 atom stereocenters. The number of nitrogens with one attached hydrogen (secondary N) is 3. The molecular weight excluding hydrogens is 379 g/mol. The summed E-state index contributed by atoms with van der Waals surface area (Å²) < 4.78 is 13.0. The van der Waals surface area contributed by atoms with E-state index in [2.05, 4.69) is 25.9 Å². The van der Waals surface area contributed by atoms with Crippen LogP contribution in [0.3, 0.4) is 0 Å². The first-order valence-corrected chi connectivity index (χ1v) is 8.55. The third-order valence-corrected chi connectivity index (χ3v) is 3.85. The van der Waals surface area contributed by atoms with Crippen molar-refractivity contribution in [3.8, 4) is 0 Å². The van der Waals surface area contributed by atoms with Gasteiger partial charge in [0, 0.05) is 24.8 Å². The van der Waals surface area contributed by atoms with E-state index < -0.39 is 4.92 Å². The lowest BCUT2D eigenvalue weighted by atomic mass is 10.2. The van der Waals surface area contributed by atoms with E-state index in [0.717, 1.165) is 5.56 Å². The molecule has 148 valence electrons. The molecule has 2 aromatic carbocycles. The molecule has 0 aliphatic heterocycles. The molecule has 3 aromatic rings. The zero-order valence-electron chi connectivity index (χ0n) is 15.3. The number of benzene rings is 2. The number of halogens is 1. The number of amides is 1. The number of hydrogen-bond acceptors (Lipinski definition) is 7. The summed E-state index contributed by atoms with van der Waals surface area (Å²) in [7, 11) is 0. The van der Waals surface area contributed by atoms with Crippen LogP contribution in [0.2, 0.25) is 0 Å². The highest BCUT2D eigenvalue weighted by molar-refractivity contribution is 5.89. The number of carbonyl (C=O) groups excluding carboxylic acids is 1. The van der Waals surface area contributed by atoms with Gasteiger partial charge in [-0.2, -0.15) is 0 Å². The molecule has 10 heteroatoms. The fraction of sp³-hybridized carbons (Fsp3) is 0.105. The second kappa shape index (κ2) is 8.74. The summed E-state index contributed by atoms with van der Waals surface area (Å²) in [5.74, 6) is -0.516. The van der Waals surface area contributed by atoms with Crippen LogP contribution in [0.1, 0.15) is 12.5 Å². The van der Waals surface area contributed by atoms with Crippen LogP contribution < -0.4 is 16.0 Å². The van der Waals surface area contributed by atoms with Gasteiger partial charge in [-0.05, 0) is 42.0 Å². The average molecular weight is 396 g/mol. The molecule has 9 nitrogen and oxygen atoms in total. The highest BCUT2D eigenvalue weighted by Gasteiger charge is 2.23. The Kier molecular flexibility index (Phi) is 5.93. The van der Waals surface area contributed by atoms with Crippen molar-refractivity contribution in [1.29, 1.82) is 0 Å². The van der Waals surface area contributed by atoms with Gasteiger partial charge in [-0.15, -0.1) is 0 Å². The van der Waals surface area contributed by atoms with Crippen LogP contribution in [0.4, 0.5) is 33.1 Å². The first kappa shape index (κ1) is 19.7. The molecule has 0 aliphatic rings. The fourth-order valence-electron chi connectivity index (χ4n) is 2.54. The Balaban J connectivity index is 1.80. The molecule has 0 aliphatic carbocycles. The minimum absolute atomic E-state index is 0.0129. The number of rotatable bonds is 7. The maximum atomic E-state index is 13.0. The van der Waals surface area contributed by atoms with Gasteiger partial charge in [0.1, 0.15) is 12.1 Å². The monoisotopic (exact) mass is 396 g/mol. The number of anilines is 4. The molecule has 1 aromatic heterocycles. The molecular formula is C19H17FN6O3. The van der Waals surface area contributed by atoms with E-state index in [0.29, 0.717) is 11.4 Å². The quantitative estimate of drug-likeness (QED) is 0.410. The minimum Gasteiger partial charge on any atom is -0.360 e. The van der Waals surface area contributed by atoms with E-state index >= 15 is 0 Å². The number of nitrogens with zero attached hydrogens (tertiary/aromatic N) is 3. The maximum Gasteiger partial charge on any atom is 0.353 e. The van der Waals surface area contributed by atoms with E-state index in [1.807, 2.05) is 0 Å². The smallest absolute Gasteiger partial charge is 0.353 e. The van der Waals surface area contributed by atoms with Gasteiger partial charge in [0.05, 0.1) is 4.92 Å². The molecule has 0 unspecified atom stereocenters. The molecule has 0 saturated carbocycles. The summed E-state index contributed by atoms with van der Waals surface area (Å²) >= 11 is 0. The minimum atomic E-state index is -0.582. The fourth-order valence-corrected chi connectivity index (χ4v) is 2.54. The van der Waals surface area contributed by atoms with Gasteiger partial charge in [0.25, 0.3) is 0 Å². The van der Waals surface area contributed by atoms with Gasteiger partial charge in [-0.3, -0.25) is 14.9 Å². The normalized spacial score (nSPS) is 10.3. The van der Waals surface area contributed by atoms with Crippen LogP contribution in [0.15, 0.2) is 54.9 Å². The lowest BCUT2D eigenvalue weighted by molar-refractivity contribution is -0.383. The Morgan fingerprint density at radius 1 is 1.03 bits per heavy atom. The zero-order valence-corrected chi connectivity index (χ0v) is 15.3. The number of aromatic nitrogens is 2. The second-order valence-electron chi connectivity index (χ2n) is 6.04. The Hall–Kier alpha value is -4.08. The molecule has 1 heterocycles. The Morgan fingerprint density at radius 3 is 2.28 bits per heavy atom. The molecule has 0 saturated heterocycles. The Morgan fingerprint density at radius 2 is 1.66 bits per heavy atom. The van der Waals surface area contributed by atoms with Crippen LogP contribution >= 0.6 is 0 Å². The van der Waals surface area contributed by atoms with Gasteiger partial charge < -0.3 is 16.0 Å². The summed E-state index contributed by atoms with van der Waals surface area (Å²) in [6.45, 7) is 1.62. The third-order valence-electron chi connectivity index (χ3n) is 3.85. The highest BCUT2D eigenvalue weighted by atomic mass is 19.1. The van der Waals surface area contributed by atoms with Gasteiger partial charge >= 0.3 is 5.69 Å². The van der Waals surface area contributed by atoms with Crippen molar-refractivity contribution in [2.45, 2.75) is 13.5 Å². The molecule has 0 fully saturated rings. The summed E-state index contributed by atoms with van der Waals surface area (Å²) in [5.41, 5.74) is 1.57. The van der Waals surface area contributed by atoms with Crippen molar-refractivity contribution in [2.75, 3.05) is 16.0 Å². The van der Waals surface area contributed by atoms with Crippen molar-refractivity contribution < 1.29 is 14.1 Å². The predicted octanol–water partition coefficient (Wildman–Crippen LogP) is 3.84. The highest BCUT2D eigenvalue weighted by Crippen LogP contribution is 2.31. The molecule has 3 rings (SSSR count). The zero-order chi connectivity index (χ0) is 20.8. The van der Waals surface area contributed by atoms with Crippen molar-refractivity contribution in [3.63, 3.8) is 0 Å². The van der Waals surface area contributed by atoms with E-state index in [1.54, 1.807) is 36.4 Å². The van der Waals surface area contributed by atoms with E-state index in [-0.39, 0.29) is 35.6 Å². The van der Waals surface area contributed by atoms with Gasteiger partial charge in [0.2, 0.25) is 17.5 Å². The Bertz CT molecular complexity index is 1030. The number of hydrogen-bond donors (Lipinski definition) is 3. The van der Waals surface area contributed by atoms with Crippen molar-refractivity contribution in [3.05, 3.63) is 76.4 Å². The topological polar surface area (TPSA) is 122 Å². The average Bonchev–Trinajstić information content (AvgIpc) is 2.68.